The second kappa shape index (κ2) is 19.8. The van der Waals surface area contributed by atoms with Crippen molar-refractivity contribution in [1.29, 1.82) is 0 Å². The van der Waals surface area contributed by atoms with Gasteiger partial charge in [-0.2, -0.15) is 0 Å². The Morgan fingerprint density at radius 2 is 1.03 bits per heavy atom. The lowest BCUT2D eigenvalue weighted by atomic mass is 9.63. The standard InChI is InChI=1S/C24H27N5O2.C22H22N4O3.C2H7N/c1-3-26-22(31)24(12-7-13-24)17-10-11-19-18(14-17)20(28-23(25)27-19)21(30)29(2)15-16-8-5-4-6-9-16;1-26(13-14-6-3-2-4-7-14)19(27)18-16-12-15(22(20(28)29)10-5-11-22)8-9-17(16)24-21(23)25-18;1-2-3/h4-6,8-11,14H,3,7,12-13,15H2,1-2H3,(H,26,31)(H2,25,27,28);2-4,6-9,12H,5,10-11,13H2,1H3,(H,28,29)(H2,23,24,25);2-3H2,1H3. The van der Waals surface area contributed by atoms with E-state index in [1.807, 2.05) is 92.7 Å². The molecular weight excluding hydrogens is 797 g/mol. The average Bonchev–Trinajstić information content (AvgIpc) is 3.23. The summed E-state index contributed by atoms with van der Waals surface area (Å²) in [5.41, 5.74) is 20.3. The number of benzene rings is 4. The molecule has 8 rings (SSSR count). The molecule has 0 atom stereocenters. The lowest BCUT2D eigenvalue weighted by Gasteiger charge is -2.40. The maximum atomic E-state index is 13.3. The number of hydrogen-bond donors (Lipinski definition) is 5. The minimum atomic E-state index is -0.897. The summed E-state index contributed by atoms with van der Waals surface area (Å²) in [5.74, 6) is -1.26. The summed E-state index contributed by atoms with van der Waals surface area (Å²) in [5, 5.41) is 13.9. The van der Waals surface area contributed by atoms with Gasteiger partial charge in [0.2, 0.25) is 17.8 Å². The van der Waals surface area contributed by atoms with Crippen LogP contribution in [0.1, 0.15) is 95.6 Å². The highest BCUT2D eigenvalue weighted by molar-refractivity contribution is 6.06. The van der Waals surface area contributed by atoms with Gasteiger partial charge in [-0.3, -0.25) is 19.2 Å². The highest BCUT2D eigenvalue weighted by Gasteiger charge is 2.47. The van der Waals surface area contributed by atoms with Gasteiger partial charge in [0.15, 0.2) is 0 Å². The molecule has 2 aliphatic carbocycles. The topological polar surface area (TPSA) is 237 Å². The van der Waals surface area contributed by atoms with Crippen molar-refractivity contribution >= 4 is 57.4 Å². The number of nitrogen functional groups attached to an aromatic ring is 2. The second-order valence-electron chi connectivity index (χ2n) is 16.1. The zero-order valence-corrected chi connectivity index (χ0v) is 36.3. The Hall–Kier alpha value is -7.00. The number of carboxylic acids is 1. The number of nitrogens with one attached hydrogen (secondary N) is 1. The highest BCUT2D eigenvalue weighted by Crippen LogP contribution is 2.46. The molecule has 2 saturated carbocycles. The average molecular weight is 853 g/mol. The summed E-state index contributed by atoms with van der Waals surface area (Å²) in [6, 6.07) is 30.3. The van der Waals surface area contributed by atoms with Crippen LogP contribution in [0.5, 0.6) is 0 Å². The Morgan fingerprint density at radius 3 is 1.38 bits per heavy atom. The van der Waals surface area contributed by atoms with Crippen molar-refractivity contribution in [2.45, 2.75) is 76.3 Å². The normalized spacial score (nSPS) is 14.4. The maximum Gasteiger partial charge on any atom is 0.314 e. The molecule has 0 aliphatic heterocycles. The number of aliphatic carboxylic acids is 1. The van der Waals surface area contributed by atoms with Crippen LogP contribution in [-0.2, 0) is 33.5 Å². The van der Waals surface area contributed by atoms with Crippen LogP contribution in [0.15, 0.2) is 97.1 Å². The van der Waals surface area contributed by atoms with Gasteiger partial charge >= 0.3 is 5.97 Å². The van der Waals surface area contributed by atoms with E-state index in [9.17, 15) is 24.3 Å². The van der Waals surface area contributed by atoms with Crippen molar-refractivity contribution in [2.24, 2.45) is 5.73 Å². The van der Waals surface area contributed by atoms with Crippen molar-refractivity contribution < 1.29 is 24.3 Å². The molecule has 0 unspecified atom stereocenters. The fourth-order valence-corrected chi connectivity index (χ4v) is 8.10. The molecule has 15 nitrogen and oxygen atoms in total. The maximum absolute atomic E-state index is 13.3. The fourth-order valence-electron chi connectivity index (χ4n) is 8.10. The summed E-state index contributed by atoms with van der Waals surface area (Å²) in [6.45, 7) is 6.03. The van der Waals surface area contributed by atoms with E-state index < -0.39 is 16.8 Å². The molecule has 328 valence electrons. The van der Waals surface area contributed by atoms with Crippen molar-refractivity contribution in [1.82, 2.24) is 35.1 Å². The number of amides is 3. The molecule has 4 aromatic carbocycles. The zero-order chi connectivity index (χ0) is 45.3. The monoisotopic (exact) mass is 852 g/mol. The van der Waals surface area contributed by atoms with Gasteiger partial charge in [-0.05, 0) is 85.7 Å². The second-order valence-corrected chi connectivity index (χ2v) is 16.1. The Bertz CT molecular complexity index is 2600. The minimum Gasteiger partial charge on any atom is -0.481 e. The van der Waals surface area contributed by atoms with Crippen LogP contribution in [0.2, 0.25) is 0 Å². The number of aromatic nitrogens is 4. The van der Waals surface area contributed by atoms with Gasteiger partial charge in [0, 0.05) is 44.5 Å². The predicted molar refractivity (Wildman–Crippen MR) is 244 cm³/mol. The number of carboxylic acid groups (broad SMARTS) is 1. The molecular formula is C48H56N10O5. The Morgan fingerprint density at radius 1 is 0.635 bits per heavy atom. The third kappa shape index (κ3) is 9.73. The Labute approximate surface area is 367 Å². The van der Waals surface area contributed by atoms with E-state index >= 15 is 0 Å². The SMILES string of the molecule is CCN.CCNC(=O)C1(c2ccc3nc(N)nc(C(=O)N(C)Cc4ccccc4)c3c2)CCC1.CN(Cc1ccccc1)C(=O)c1nc(N)nc2ccc(C3(C(=O)O)CCC3)cc12. The Balaban J connectivity index is 0.000000198. The van der Waals surface area contributed by atoms with Gasteiger partial charge in [0.25, 0.3) is 11.8 Å². The van der Waals surface area contributed by atoms with Gasteiger partial charge in [-0.25, -0.2) is 19.9 Å². The van der Waals surface area contributed by atoms with Crippen molar-refractivity contribution in [3.05, 3.63) is 131 Å². The van der Waals surface area contributed by atoms with Crippen LogP contribution in [0, 0.1) is 0 Å². The molecule has 0 saturated heterocycles. The van der Waals surface area contributed by atoms with Crippen LogP contribution in [0.4, 0.5) is 11.9 Å². The first-order valence-electron chi connectivity index (χ1n) is 21.2. The number of nitrogens with two attached hydrogens (primary N) is 3. The zero-order valence-electron chi connectivity index (χ0n) is 36.3. The summed E-state index contributed by atoms with van der Waals surface area (Å²) in [7, 11) is 3.44. The smallest absolute Gasteiger partial charge is 0.314 e. The van der Waals surface area contributed by atoms with Crippen molar-refractivity contribution in [2.75, 3.05) is 38.7 Å². The third-order valence-electron chi connectivity index (χ3n) is 11.8. The number of hydrogen-bond acceptors (Lipinski definition) is 11. The molecule has 2 aliphatic rings. The van der Waals surface area contributed by atoms with E-state index in [0.29, 0.717) is 59.8 Å². The van der Waals surface area contributed by atoms with E-state index in [2.05, 4.69) is 25.3 Å². The van der Waals surface area contributed by atoms with Gasteiger partial charge in [-0.15, -0.1) is 0 Å². The van der Waals surface area contributed by atoms with Crippen molar-refractivity contribution in [3.8, 4) is 0 Å². The summed E-state index contributed by atoms with van der Waals surface area (Å²) < 4.78 is 0. The number of carbonyl (C=O) groups is 4. The van der Waals surface area contributed by atoms with Crippen LogP contribution >= 0.6 is 0 Å². The molecule has 2 aromatic heterocycles. The molecule has 3 amide bonds. The van der Waals surface area contributed by atoms with Gasteiger partial charge < -0.3 is 37.4 Å². The van der Waals surface area contributed by atoms with Gasteiger partial charge in [0.1, 0.15) is 11.4 Å². The van der Waals surface area contributed by atoms with Crippen LogP contribution in [-0.4, -0.2) is 85.7 Å². The van der Waals surface area contributed by atoms with E-state index in [-0.39, 0.29) is 41.0 Å². The van der Waals surface area contributed by atoms with Crippen molar-refractivity contribution in [3.63, 3.8) is 0 Å². The first-order chi connectivity index (χ1) is 30.3. The molecule has 0 bridgehead atoms. The lowest BCUT2D eigenvalue weighted by Crippen LogP contribution is -2.49. The first-order valence-corrected chi connectivity index (χ1v) is 21.2. The van der Waals surface area contributed by atoms with Crippen LogP contribution < -0.4 is 22.5 Å². The van der Waals surface area contributed by atoms with Crippen LogP contribution in [0.25, 0.3) is 21.8 Å². The number of likely N-dealkylation sites (N-methyl/N-ethyl adjacent to an activating group) is 1. The molecule has 2 fully saturated rings. The van der Waals surface area contributed by atoms with E-state index in [1.165, 1.54) is 0 Å². The van der Waals surface area contributed by atoms with E-state index in [4.69, 9.17) is 17.2 Å². The molecule has 63 heavy (non-hydrogen) atoms. The summed E-state index contributed by atoms with van der Waals surface area (Å²) in [4.78, 5) is 71.4. The van der Waals surface area contributed by atoms with E-state index in [1.54, 1.807) is 42.1 Å². The van der Waals surface area contributed by atoms with E-state index in [0.717, 1.165) is 48.9 Å². The first kappa shape index (κ1) is 45.5. The van der Waals surface area contributed by atoms with Crippen LogP contribution in [0.3, 0.4) is 0 Å². The minimum absolute atomic E-state index is 0.0123. The number of nitrogens with zero attached hydrogens (tertiary/aromatic N) is 6. The number of fused-ring (bicyclic) bond motifs is 2. The van der Waals surface area contributed by atoms with Gasteiger partial charge in [-0.1, -0.05) is 92.6 Å². The molecule has 6 aromatic rings. The van der Waals surface area contributed by atoms with Gasteiger partial charge in [0.05, 0.1) is 21.9 Å². The quantitative estimate of drug-likeness (QED) is 0.101. The summed E-state index contributed by atoms with van der Waals surface area (Å²) >= 11 is 0. The number of carbonyl (C=O) groups excluding carboxylic acids is 3. The number of anilines is 2. The fraction of sp³-hybridized carbons (Fsp3) is 0.333. The lowest BCUT2D eigenvalue weighted by molar-refractivity contribution is -0.147. The molecule has 0 radical (unpaired) electrons. The summed E-state index contributed by atoms with van der Waals surface area (Å²) in [6.07, 6.45) is 4.61. The highest BCUT2D eigenvalue weighted by atomic mass is 16.4. The molecule has 0 spiro atoms. The molecule has 15 heteroatoms. The largest absolute Gasteiger partial charge is 0.481 e. The molecule has 2 heterocycles. The number of rotatable bonds is 11. The Kier molecular flexibility index (Phi) is 14.3. The molecule has 8 N–H and O–H groups in total. The predicted octanol–water partition coefficient (Wildman–Crippen LogP) is 6.00. The third-order valence-corrected chi connectivity index (χ3v) is 11.8.